The van der Waals surface area contributed by atoms with Crippen LogP contribution < -0.4 is 4.74 Å². The van der Waals surface area contributed by atoms with Crippen molar-refractivity contribution in [3.63, 3.8) is 0 Å². The second-order valence-electron chi connectivity index (χ2n) is 6.48. The average molecular weight is 394 g/mol. The number of amides is 1. The van der Waals surface area contributed by atoms with E-state index in [4.69, 9.17) is 27.9 Å². The van der Waals surface area contributed by atoms with Crippen molar-refractivity contribution < 1.29 is 9.53 Å². The van der Waals surface area contributed by atoms with E-state index in [1.54, 1.807) is 6.07 Å². The zero-order valence-electron chi connectivity index (χ0n) is 15.5. The van der Waals surface area contributed by atoms with Gasteiger partial charge in [-0.3, -0.25) is 4.79 Å². The summed E-state index contributed by atoms with van der Waals surface area (Å²) in [5.41, 5.74) is 2.06. The van der Waals surface area contributed by atoms with Crippen molar-refractivity contribution >= 4 is 29.1 Å². The van der Waals surface area contributed by atoms with Crippen LogP contribution in [0.15, 0.2) is 42.5 Å². The van der Waals surface area contributed by atoms with Crippen LogP contribution in [0.3, 0.4) is 0 Å². The van der Waals surface area contributed by atoms with Crippen LogP contribution in [0.25, 0.3) is 0 Å². The summed E-state index contributed by atoms with van der Waals surface area (Å²) in [5, 5.41) is 1.25. The molecule has 2 rings (SSSR count). The Morgan fingerprint density at radius 1 is 1.12 bits per heavy atom. The number of nitrogens with zero attached hydrogens (tertiary/aromatic N) is 1. The van der Waals surface area contributed by atoms with Crippen molar-refractivity contribution in [2.24, 2.45) is 5.92 Å². The van der Waals surface area contributed by atoms with E-state index < -0.39 is 0 Å². The van der Waals surface area contributed by atoms with Gasteiger partial charge in [-0.25, -0.2) is 0 Å². The van der Waals surface area contributed by atoms with Crippen molar-refractivity contribution in [1.29, 1.82) is 0 Å². The SMILES string of the molecule is CCOc1ccc(CN(CCc2ccc(Cl)cc2Cl)C(=O)C(C)C)cc1. The summed E-state index contributed by atoms with van der Waals surface area (Å²) in [4.78, 5) is 14.5. The van der Waals surface area contributed by atoms with Gasteiger partial charge in [0.05, 0.1) is 6.61 Å². The molecule has 0 fully saturated rings. The fourth-order valence-electron chi connectivity index (χ4n) is 2.69. The van der Waals surface area contributed by atoms with Gasteiger partial charge in [0.1, 0.15) is 5.75 Å². The Morgan fingerprint density at radius 3 is 2.38 bits per heavy atom. The Balaban J connectivity index is 2.09. The summed E-state index contributed by atoms with van der Waals surface area (Å²) in [6.07, 6.45) is 0.686. The first-order valence-corrected chi connectivity index (χ1v) is 9.60. The first-order valence-electron chi connectivity index (χ1n) is 8.85. The first-order chi connectivity index (χ1) is 12.4. The van der Waals surface area contributed by atoms with Gasteiger partial charge in [0.25, 0.3) is 0 Å². The topological polar surface area (TPSA) is 29.5 Å². The Labute approximate surface area is 165 Å². The largest absolute Gasteiger partial charge is 0.494 e. The minimum absolute atomic E-state index is 0.0570. The molecular weight excluding hydrogens is 369 g/mol. The number of carbonyl (C=O) groups excluding carboxylic acids is 1. The number of ether oxygens (including phenoxy) is 1. The van der Waals surface area contributed by atoms with Crippen LogP contribution in [0.1, 0.15) is 31.9 Å². The Kier molecular flexibility index (Phi) is 7.80. The molecule has 2 aromatic carbocycles. The summed E-state index contributed by atoms with van der Waals surface area (Å²) < 4.78 is 5.47. The second-order valence-corrected chi connectivity index (χ2v) is 7.32. The molecule has 0 atom stereocenters. The van der Waals surface area contributed by atoms with Crippen LogP contribution in [0.5, 0.6) is 5.75 Å². The molecule has 0 saturated carbocycles. The van der Waals surface area contributed by atoms with Crippen molar-refractivity contribution in [3.05, 3.63) is 63.6 Å². The molecule has 0 bridgehead atoms. The van der Waals surface area contributed by atoms with Gasteiger partial charge in [0, 0.05) is 29.1 Å². The van der Waals surface area contributed by atoms with E-state index in [0.717, 1.165) is 16.9 Å². The van der Waals surface area contributed by atoms with Crippen molar-refractivity contribution in [2.45, 2.75) is 33.7 Å². The fourth-order valence-corrected chi connectivity index (χ4v) is 3.19. The average Bonchev–Trinajstić information content (AvgIpc) is 2.61. The predicted molar refractivity (Wildman–Crippen MR) is 108 cm³/mol. The molecule has 0 aliphatic carbocycles. The van der Waals surface area contributed by atoms with Crippen LogP contribution in [-0.4, -0.2) is 24.0 Å². The zero-order chi connectivity index (χ0) is 19.1. The molecule has 3 nitrogen and oxygen atoms in total. The van der Waals surface area contributed by atoms with E-state index >= 15 is 0 Å². The highest BCUT2D eigenvalue weighted by Crippen LogP contribution is 2.22. The van der Waals surface area contributed by atoms with Gasteiger partial charge >= 0.3 is 0 Å². The number of rotatable bonds is 8. The number of hydrogen-bond acceptors (Lipinski definition) is 2. The van der Waals surface area contributed by atoms with Gasteiger partial charge in [-0.15, -0.1) is 0 Å². The first kappa shape index (κ1) is 20.6. The summed E-state index contributed by atoms with van der Waals surface area (Å²) in [6.45, 7) is 7.60. The maximum Gasteiger partial charge on any atom is 0.225 e. The third-order valence-electron chi connectivity index (χ3n) is 4.08. The Morgan fingerprint density at radius 2 is 1.81 bits per heavy atom. The summed E-state index contributed by atoms with van der Waals surface area (Å²) in [6, 6.07) is 13.4. The highest BCUT2D eigenvalue weighted by atomic mass is 35.5. The van der Waals surface area contributed by atoms with Gasteiger partial charge in [-0.2, -0.15) is 0 Å². The molecule has 0 aromatic heterocycles. The lowest BCUT2D eigenvalue weighted by Crippen LogP contribution is -2.35. The third kappa shape index (κ3) is 5.93. The second kappa shape index (κ2) is 9.84. The molecule has 26 heavy (non-hydrogen) atoms. The molecule has 5 heteroatoms. The lowest BCUT2D eigenvalue weighted by Gasteiger charge is -2.25. The van der Waals surface area contributed by atoms with Crippen LogP contribution >= 0.6 is 23.2 Å². The van der Waals surface area contributed by atoms with Crippen LogP contribution in [0.2, 0.25) is 10.0 Å². The van der Waals surface area contributed by atoms with Gasteiger partial charge in [-0.05, 0) is 48.7 Å². The zero-order valence-corrected chi connectivity index (χ0v) is 17.0. The molecule has 0 unspecified atom stereocenters. The fraction of sp³-hybridized carbons (Fsp3) is 0.381. The molecular formula is C21H25Cl2NO2. The number of halogens is 2. The van der Waals surface area contributed by atoms with Crippen LogP contribution in [0.4, 0.5) is 0 Å². The lowest BCUT2D eigenvalue weighted by molar-refractivity contribution is -0.135. The molecule has 140 valence electrons. The van der Waals surface area contributed by atoms with E-state index in [0.29, 0.717) is 36.2 Å². The molecule has 2 aromatic rings. The molecule has 0 aliphatic heterocycles. The molecule has 1 amide bonds. The van der Waals surface area contributed by atoms with Crippen molar-refractivity contribution in [3.8, 4) is 5.75 Å². The maximum atomic E-state index is 12.6. The molecule has 0 radical (unpaired) electrons. The van der Waals surface area contributed by atoms with Crippen LogP contribution in [0, 0.1) is 5.92 Å². The van der Waals surface area contributed by atoms with E-state index in [1.807, 2.05) is 62.1 Å². The lowest BCUT2D eigenvalue weighted by atomic mass is 10.1. The smallest absolute Gasteiger partial charge is 0.225 e. The highest BCUT2D eigenvalue weighted by Gasteiger charge is 2.18. The highest BCUT2D eigenvalue weighted by molar-refractivity contribution is 6.35. The summed E-state index contributed by atoms with van der Waals surface area (Å²) in [5.74, 6) is 0.910. The Hall–Kier alpha value is -1.71. The van der Waals surface area contributed by atoms with Gasteiger partial charge < -0.3 is 9.64 Å². The van der Waals surface area contributed by atoms with Crippen LogP contribution in [-0.2, 0) is 17.8 Å². The standard InChI is InChI=1S/C21H25Cl2NO2/c1-4-26-19-9-5-16(6-10-19)14-24(21(25)15(2)3)12-11-17-7-8-18(22)13-20(17)23/h5-10,13,15H,4,11-12,14H2,1-3H3. The molecule has 0 saturated heterocycles. The minimum atomic E-state index is -0.0570. The van der Waals surface area contributed by atoms with Crippen molar-refractivity contribution in [1.82, 2.24) is 4.90 Å². The van der Waals surface area contributed by atoms with E-state index in [1.165, 1.54) is 0 Å². The maximum absolute atomic E-state index is 12.6. The van der Waals surface area contributed by atoms with Gasteiger partial charge in [-0.1, -0.05) is 55.2 Å². The van der Waals surface area contributed by atoms with E-state index in [-0.39, 0.29) is 11.8 Å². The minimum Gasteiger partial charge on any atom is -0.494 e. The summed E-state index contributed by atoms with van der Waals surface area (Å²) in [7, 11) is 0. The summed E-state index contributed by atoms with van der Waals surface area (Å²) >= 11 is 12.2. The Bertz CT molecular complexity index is 729. The monoisotopic (exact) mass is 393 g/mol. The number of benzene rings is 2. The normalized spacial score (nSPS) is 10.8. The molecule has 0 N–H and O–H groups in total. The van der Waals surface area contributed by atoms with Gasteiger partial charge in [0.15, 0.2) is 0 Å². The molecule has 0 heterocycles. The molecule has 0 aliphatic rings. The van der Waals surface area contributed by atoms with Gasteiger partial charge in [0.2, 0.25) is 5.91 Å². The quantitative estimate of drug-likeness (QED) is 0.582. The molecule has 0 spiro atoms. The number of carbonyl (C=O) groups is 1. The third-order valence-corrected chi connectivity index (χ3v) is 4.67. The van der Waals surface area contributed by atoms with E-state index in [9.17, 15) is 4.79 Å². The predicted octanol–water partition coefficient (Wildman–Crippen LogP) is 5.62. The van der Waals surface area contributed by atoms with Crippen molar-refractivity contribution in [2.75, 3.05) is 13.2 Å². The number of hydrogen-bond donors (Lipinski definition) is 0. The van der Waals surface area contributed by atoms with E-state index in [2.05, 4.69) is 0 Å².